The zero-order chi connectivity index (χ0) is 13.1. The summed E-state index contributed by atoms with van der Waals surface area (Å²) in [6.07, 6.45) is 7.56. The Balaban J connectivity index is 1.69. The van der Waals surface area contributed by atoms with Gasteiger partial charge in [0.15, 0.2) is 0 Å². The van der Waals surface area contributed by atoms with Crippen molar-refractivity contribution < 1.29 is 9.21 Å². The van der Waals surface area contributed by atoms with Gasteiger partial charge in [-0.2, -0.15) is 5.10 Å². The predicted octanol–water partition coefficient (Wildman–Crippen LogP) is 2.98. The molecule has 0 atom stereocenters. The molecule has 3 rings (SSSR count). The molecule has 0 fully saturated rings. The lowest BCUT2D eigenvalue weighted by molar-refractivity contribution is 0.0954. The predicted molar refractivity (Wildman–Crippen MR) is 74.7 cm³/mol. The van der Waals surface area contributed by atoms with Gasteiger partial charge in [-0.3, -0.25) is 4.79 Å². The monoisotopic (exact) mass is 274 g/mol. The first-order valence-electron chi connectivity index (χ1n) is 6.31. The van der Waals surface area contributed by atoms with Gasteiger partial charge >= 0.3 is 0 Å². The summed E-state index contributed by atoms with van der Waals surface area (Å²) < 4.78 is 5.10. The summed E-state index contributed by atoms with van der Waals surface area (Å²) in [6, 6.07) is 3.56. The van der Waals surface area contributed by atoms with E-state index >= 15 is 0 Å². The van der Waals surface area contributed by atoms with E-state index < -0.39 is 0 Å². The number of rotatable bonds is 3. The minimum atomic E-state index is -0.137. The quantitative estimate of drug-likeness (QED) is 0.691. The maximum absolute atomic E-state index is 12.1. The van der Waals surface area contributed by atoms with Gasteiger partial charge in [0.1, 0.15) is 5.76 Å². The number of hydrogen-bond acceptors (Lipinski definition) is 4. The van der Waals surface area contributed by atoms with Crippen LogP contribution in [0.4, 0.5) is 0 Å². The van der Waals surface area contributed by atoms with Crippen LogP contribution in [-0.2, 0) is 12.8 Å². The number of fused-ring (bicyclic) bond motifs is 1. The molecule has 0 aliphatic heterocycles. The van der Waals surface area contributed by atoms with Crippen LogP contribution in [0, 0.1) is 0 Å². The maximum Gasteiger partial charge on any atom is 0.272 e. The second kappa shape index (κ2) is 5.40. The van der Waals surface area contributed by atoms with Gasteiger partial charge in [-0.25, -0.2) is 5.43 Å². The van der Waals surface area contributed by atoms with E-state index in [-0.39, 0.29) is 5.91 Å². The molecule has 2 heterocycles. The molecule has 0 bridgehead atoms. The molecule has 0 unspecified atom stereocenters. The molecule has 0 radical (unpaired) electrons. The lowest BCUT2D eigenvalue weighted by Crippen LogP contribution is -2.19. The highest BCUT2D eigenvalue weighted by molar-refractivity contribution is 7.10. The number of nitrogens with one attached hydrogen (secondary N) is 1. The van der Waals surface area contributed by atoms with Crippen LogP contribution in [0.3, 0.4) is 0 Å². The van der Waals surface area contributed by atoms with E-state index in [0.29, 0.717) is 5.76 Å². The first-order chi connectivity index (χ1) is 9.34. The molecule has 5 heteroatoms. The number of furan rings is 1. The molecule has 0 aromatic carbocycles. The molecule has 2 aromatic rings. The SMILES string of the molecule is O=C(N/N=C\c1ccco1)c1csc2c1CCCC2. The van der Waals surface area contributed by atoms with Crippen molar-refractivity contribution >= 4 is 23.5 Å². The van der Waals surface area contributed by atoms with Crippen molar-refractivity contribution in [2.24, 2.45) is 5.10 Å². The summed E-state index contributed by atoms with van der Waals surface area (Å²) >= 11 is 1.68. The van der Waals surface area contributed by atoms with Crippen LogP contribution in [0.25, 0.3) is 0 Å². The van der Waals surface area contributed by atoms with Crippen molar-refractivity contribution in [3.8, 4) is 0 Å². The van der Waals surface area contributed by atoms with E-state index in [1.165, 1.54) is 29.5 Å². The van der Waals surface area contributed by atoms with Crippen molar-refractivity contribution in [3.05, 3.63) is 45.5 Å². The zero-order valence-electron chi connectivity index (χ0n) is 10.4. The maximum atomic E-state index is 12.1. The third kappa shape index (κ3) is 2.61. The van der Waals surface area contributed by atoms with Crippen molar-refractivity contribution in [2.75, 3.05) is 0 Å². The Kier molecular flexibility index (Phi) is 3.46. The van der Waals surface area contributed by atoms with Gasteiger partial charge in [0.05, 0.1) is 18.0 Å². The van der Waals surface area contributed by atoms with Gasteiger partial charge in [0.2, 0.25) is 0 Å². The smallest absolute Gasteiger partial charge is 0.272 e. The molecular weight excluding hydrogens is 260 g/mol. The molecule has 2 aromatic heterocycles. The first-order valence-corrected chi connectivity index (χ1v) is 7.19. The standard InChI is InChI=1S/C14H14N2O2S/c17-14(16-15-8-10-4-3-7-18-10)12-9-19-13-6-2-1-5-11(12)13/h3-4,7-9H,1-2,5-6H2,(H,16,17)/b15-8-. The number of amides is 1. The first kappa shape index (κ1) is 12.2. The third-order valence-corrected chi connectivity index (χ3v) is 4.30. The third-order valence-electron chi connectivity index (χ3n) is 3.21. The number of aryl methyl sites for hydroxylation is 1. The zero-order valence-corrected chi connectivity index (χ0v) is 11.2. The van der Waals surface area contributed by atoms with E-state index in [9.17, 15) is 4.79 Å². The molecule has 98 valence electrons. The van der Waals surface area contributed by atoms with Crippen LogP contribution in [0.1, 0.15) is 39.4 Å². The Hall–Kier alpha value is -1.88. The second-order valence-electron chi connectivity index (χ2n) is 4.47. The summed E-state index contributed by atoms with van der Waals surface area (Å²) in [6.45, 7) is 0. The van der Waals surface area contributed by atoms with Gasteiger partial charge in [0.25, 0.3) is 5.91 Å². The van der Waals surface area contributed by atoms with Crippen LogP contribution < -0.4 is 5.43 Å². The molecule has 1 N–H and O–H groups in total. The van der Waals surface area contributed by atoms with Gasteiger partial charge in [-0.1, -0.05) is 0 Å². The van der Waals surface area contributed by atoms with Crippen molar-refractivity contribution in [1.29, 1.82) is 0 Å². The van der Waals surface area contributed by atoms with Crippen LogP contribution in [-0.4, -0.2) is 12.1 Å². The highest BCUT2D eigenvalue weighted by atomic mass is 32.1. The number of hydrogen-bond donors (Lipinski definition) is 1. The lowest BCUT2D eigenvalue weighted by Gasteiger charge is -2.11. The van der Waals surface area contributed by atoms with Crippen LogP contribution >= 0.6 is 11.3 Å². The van der Waals surface area contributed by atoms with Crippen molar-refractivity contribution in [2.45, 2.75) is 25.7 Å². The van der Waals surface area contributed by atoms with Crippen LogP contribution in [0.5, 0.6) is 0 Å². The molecular formula is C14H14N2O2S. The van der Waals surface area contributed by atoms with E-state index in [0.717, 1.165) is 18.4 Å². The molecule has 0 spiro atoms. The number of thiophene rings is 1. The Morgan fingerprint density at radius 1 is 1.42 bits per heavy atom. The largest absolute Gasteiger partial charge is 0.463 e. The van der Waals surface area contributed by atoms with E-state index in [1.807, 2.05) is 5.38 Å². The van der Waals surface area contributed by atoms with Gasteiger partial charge < -0.3 is 4.42 Å². The highest BCUT2D eigenvalue weighted by Gasteiger charge is 2.19. The molecule has 0 saturated carbocycles. The van der Waals surface area contributed by atoms with Crippen molar-refractivity contribution in [1.82, 2.24) is 5.43 Å². The summed E-state index contributed by atoms with van der Waals surface area (Å²) in [5, 5.41) is 5.84. The number of carbonyl (C=O) groups excluding carboxylic acids is 1. The fraction of sp³-hybridized carbons (Fsp3) is 0.286. The molecule has 19 heavy (non-hydrogen) atoms. The lowest BCUT2D eigenvalue weighted by atomic mass is 9.96. The molecule has 1 aliphatic rings. The Labute approximate surface area is 115 Å². The number of nitrogens with zero attached hydrogens (tertiary/aromatic N) is 1. The fourth-order valence-electron chi connectivity index (χ4n) is 2.26. The Morgan fingerprint density at radius 3 is 3.16 bits per heavy atom. The Bertz CT molecular complexity index is 599. The summed E-state index contributed by atoms with van der Waals surface area (Å²) in [5.74, 6) is 0.481. The average molecular weight is 274 g/mol. The molecule has 1 aliphatic carbocycles. The summed E-state index contributed by atoms with van der Waals surface area (Å²) in [7, 11) is 0. The molecule has 0 saturated heterocycles. The molecule has 4 nitrogen and oxygen atoms in total. The minimum absolute atomic E-state index is 0.137. The second-order valence-corrected chi connectivity index (χ2v) is 5.44. The van der Waals surface area contributed by atoms with E-state index in [4.69, 9.17) is 4.42 Å². The number of carbonyl (C=O) groups is 1. The average Bonchev–Trinajstić information content (AvgIpc) is 3.07. The normalized spacial score (nSPS) is 14.5. The van der Waals surface area contributed by atoms with Gasteiger partial charge in [-0.05, 0) is 43.4 Å². The highest BCUT2D eigenvalue weighted by Crippen LogP contribution is 2.30. The van der Waals surface area contributed by atoms with Gasteiger partial charge in [-0.15, -0.1) is 11.3 Å². The van der Waals surface area contributed by atoms with E-state index in [2.05, 4.69) is 10.5 Å². The van der Waals surface area contributed by atoms with Gasteiger partial charge in [0, 0.05) is 10.3 Å². The van der Waals surface area contributed by atoms with E-state index in [1.54, 1.807) is 29.7 Å². The van der Waals surface area contributed by atoms with Crippen LogP contribution in [0.15, 0.2) is 33.3 Å². The summed E-state index contributed by atoms with van der Waals surface area (Å²) in [5.41, 5.74) is 4.54. The fourth-order valence-corrected chi connectivity index (χ4v) is 3.39. The Morgan fingerprint density at radius 2 is 2.32 bits per heavy atom. The number of hydrazone groups is 1. The van der Waals surface area contributed by atoms with Crippen molar-refractivity contribution in [3.63, 3.8) is 0 Å². The van der Waals surface area contributed by atoms with Crippen LogP contribution in [0.2, 0.25) is 0 Å². The molecule has 1 amide bonds. The minimum Gasteiger partial charge on any atom is -0.463 e. The topological polar surface area (TPSA) is 54.6 Å². The summed E-state index contributed by atoms with van der Waals surface area (Å²) in [4.78, 5) is 13.4.